The van der Waals surface area contributed by atoms with Gasteiger partial charge >= 0.3 is 0 Å². The highest BCUT2D eigenvalue weighted by molar-refractivity contribution is 14.0. The lowest BCUT2D eigenvalue weighted by Crippen LogP contribution is -2.38. The summed E-state index contributed by atoms with van der Waals surface area (Å²) in [5.41, 5.74) is 0. The van der Waals surface area contributed by atoms with Gasteiger partial charge in [-0.05, 0) is 24.9 Å². The molecule has 0 fully saturated rings. The molecule has 0 spiro atoms. The number of unbranched alkanes of at least 4 members (excludes halogenated alkanes) is 1. The van der Waals surface area contributed by atoms with Crippen molar-refractivity contribution in [1.82, 2.24) is 20.8 Å². The quantitative estimate of drug-likeness (QED) is 0.266. The van der Waals surface area contributed by atoms with E-state index in [9.17, 15) is 0 Å². The van der Waals surface area contributed by atoms with Crippen LogP contribution < -0.4 is 10.6 Å². The first-order valence-corrected chi connectivity index (χ1v) is 8.82. The van der Waals surface area contributed by atoms with Crippen LogP contribution in [0.2, 0.25) is 0 Å². The van der Waals surface area contributed by atoms with Gasteiger partial charge in [0.1, 0.15) is 0 Å². The Morgan fingerprint density at radius 3 is 2.59 bits per heavy atom. The van der Waals surface area contributed by atoms with Gasteiger partial charge in [-0.2, -0.15) is 16.7 Å². The molecule has 128 valence electrons. The van der Waals surface area contributed by atoms with E-state index in [2.05, 4.69) is 45.9 Å². The minimum absolute atomic E-state index is 0. The molecule has 0 saturated heterocycles. The fourth-order valence-electron chi connectivity index (χ4n) is 1.69. The number of thioether (sulfide) groups is 1. The minimum atomic E-state index is 0. The largest absolute Gasteiger partial charge is 0.356 e. The predicted octanol–water partition coefficient (Wildman–Crippen LogP) is 2.66. The maximum absolute atomic E-state index is 5.20. The summed E-state index contributed by atoms with van der Waals surface area (Å²) in [5, 5.41) is 10.5. The van der Waals surface area contributed by atoms with E-state index in [1.54, 1.807) is 7.05 Å². The number of nitrogens with zero attached hydrogens (tertiary/aromatic N) is 3. The molecule has 0 saturated carbocycles. The number of rotatable bonds is 9. The SMILES string of the molecule is CN=C(NCCCCSC)NCCc1nc(C(C)C)no1.I. The topological polar surface area (TPSA) is 75.3 Å². The van der Waals surface area contributed by atoms with Gasteiger partial charge in [-0.15, -0.1) is 24.0 Å². The summed E-state index contributed by atoms with van der Waals surface area (Å²) in [4.78, 5) is 8.54. The highest BCUT2D eigenvalue weighted by Crippen LogP contribution is 2.09. The van der Waals surface area contributed by atoms with E-state index in [1.165, 1.54) is 12.2 Å². The van der Waals surface area contributed by atoms with Gasteiger partial charge in [-0.25, -0.2) is 0 Å². The van der Waals surface area contributed by atoms with E-state index in [1.807, 2.05) is 11.8 Å². The van der Waals surface area contributed by atoms with E-state index < -0.39 is 0 Å². The molecule has 1 aromatic rings. The van der Waals surface area contributed by atoms with Crippen LogP contribution in [0, 0.1) is 0 Å². The standard InChI is InChI=1S/C14H27N5OS.HI/c1-11(2)13-18-12(20-19-13)7-9-17-14(15-3)16-8-5-6-10-21-4;/h11H,5-10H2,1-4H3,(H2,15,16,17);1H. The first-order chi connectivity index (χ1) is 10.2. The van der Waals surface area contributed by atoms with Gasteiger partial charge in [0, 0.05) is 32.5 Å². The molecule has 1 rings (SSSR count). The highest BCUT2D eigenvalue weighted by atomic mass is 127. The van der Waals surface area contributed by atoms with E-state index in [0.29, 0.717) is 18.2 Å². The fraction of sp³-hybridized carbons (Fsp3) is 0.786. The average Bonchev–Trinajstić information content (AvgIpc) is 2.94. The van der Waals surface area contributed by atoms with Crippen LogP contribution >= 0.6 is 35.7 Å². The molecule has 2 N–H and O–H groups in total. The summed E-state index contributed by atoms with van der Waals surface area (Å²) in [6.07, 6.45) is 5.22. The highest BCUT2D eigenvalue weighted by Gasteiger charge is 2.09. The summed E-state index contributed by atoms with van der Waals surface area (Å²) in [7, 11) is 1.78. The Morgan fingerprint density at radius 2 is 2.00 bits per heavy atom. The van der Waals surface area contributed by atoms with Crippen LogP contribution in [0.5, 0.6) is 0 Å². The van der Waals surface area contributed by atoms with E-state index in [0.717, 1.165) is 31.3 Å². The van der Waals surface area contributed by atoms with Gasteiger partial charge < -0.3 is 15.2 Å². The third-order valence-electron chi connectivity index (χ3n) is 2.92. The number of aromatic nitrogens is 2. The van der Waals surface area contributed by atoms with Crippen molar-refractivity contribution in [3.8, 4) is 0 Å². The first-order valence-electron chi connectivity index (χ1n) is 7.43. The fourth-order valence-corrected chi connectivity index (χ4v) is 2.18. The maximum Gasteiger partial charge on any atom is 0.228 e. The Bertz CT molecular complexity index is 425. The molecule has 0 aliphatic heterocycles. The molecule has 0 aromatic carbocycles. The van der Waals surface area contributed by atoms with Gasteiger partial charge in [0.15, 0.2) is 11.8 Å². The Labute approximate surface area is 154 Å². The van der Waals surface area contributed by atoms with Crippen molar-refractivity contribution in [1.29, 1.82) is 0 Å². The molecule has 0 amide bonds. The van der Waals surface area contributed by atoms with E-state index in [-0.39, 0.29) is 24.0 Å². The second-order valence-electron chi connectivity index (χ2n) is 5.08. The molecule has 0 unspecified atom stereocenters. The zero-order valence-corrected chi connectivity index (χ0v) is 17.0. The number of nitrogens with one attached hydrogen (secondary N) is 2. The van der Waals surface area contributed by atoms with Gasteiger partial charge in [0.2, 0.25) is 5.89 Å². The first kappa shape index (κ1) is 21.5. The predicted molar refractivity (Wildman–Crippen MR) is 104 cm³/mol. The summed E-state index contributed by atoms with van der Waals surface area (Å²) < 4.78 is 5.20. The third kappa shape index (κ3) is 8.82. The number of guanidine groups is 1. The van der Waals surface area contributed by atoms with Crippen molar-refractivity contribution in [2.75, 3.05) is 32.1 Å². The van der Waals surface area contributed by atoms with Crippen LogP contribution in [-0.4, -0.2) is 48.2 Å². The van der Waals surface area contributed by atoms with Crippen LogP contribution in [0.15, 0.2) is 9.52 Å². The van der Waals surface area contributed by atoms with Crippen molar-refractivity contribution < 1.29 is 4.52 Å². The summed E-state index contributed by atoms with van der Waals surface area (Å²) in [5.74, 6) is 3.76. The molecular weight excluding hydrogens is 413 g/mol. The number of halogens is 1. The molecular formula is C14H28IN5OS. The molecule has 0 bridgehead atoms. The monoisotopic (exact) mass is 441 g/mol. The second kappa shape index (κ2) is 13.0. The molecule has 22 heavy (non-hydrogen) atoms. The van der Waals surface area contributed by atoms with Crippen LogP contribution in [0.1, 0.15) is 44.3 Å². The van der Waals surface area contributed by atoms with Gasteiger partial charge in [-0.1, -0.05) is 19.0 Å². The molecule has 1 heterocycles. The Hall–Kier alpha value is -0.510. The molecule has 1 aromatic heterocycles. The lowest BCUT2D eigenvalue weighted by molar-refractivity contribution is 0.371. The lowest BCUT2D eigenvalue weighted by Gasteiger charge is -2.10. The van der Waals surface area contributed by atoms with Crippen molar-refractivity contribution in [2.24, 2.45) is 4.99 Å². The summed E-state index contributed by atoms with van der Waals surface area (Å²) in [6, 6.07) is 0. The Kier molecular flexibility index (Phi) is 12.7. The van der Waals surface area contributed by atoms with Crippen LogP contribution in [-0.2, 0) is 6.42 Å². The van der Waals surface area contributed by atoms with Crippen molar-refractivity contribution in [2.45, 2.75) is 39.0 Å². The third-order valence-corrected chi connectivity index (χ3v) is 3.62. The maximum atomic E-state index is 5.20. The summed E-state index contributed by atoms with van der Waals surface area (Å²) in [6.45, 7) is 5.77. The van der Waals surface area contributed by atoms with E-state index in [4.69, 9.17) is 4.52 Å². The zero-order chi connectivity index (χ0) is 15.5. The van der Waals surface area contributed by atoms with Gasteiger partial charge in [0.05, 0.1) is 0 Å². The Balaban J connectivity index is 0.00000441. The van der Waals surface area contributed by atoms with E-state index >= 15 is 0 Å². The van der Waals surface area contributed by atoms with Crippen molar-refractivity contribution in [3.63, 3.8) is 0 Å². The number of hydrogen-bond donors (Lipinski definition) is 2. The number of aliphatic imine (C=N–C) groups is 1. The van der Waals surface area contributed by atoms with Crippen LogP contribution in [0.3, 0.4) is 0 Å². The zero-order valence-electron chi connectivity index (χ0n) is 13.9. The minimum Gasteiger partial charge on any atom is -0.356 e. The molecule has 0 radical (unpaired) electrons. The van der Waals surface area contributed by atoms with Gasteiger partial charge in [-0.3, -0.25) is 4.99 Å². The molecule has 0 aliphatic carbocycles. The molecule has 0 atom stereocenters. The van der Waals surface area contributed by atoms with Crippen LogP contribution in [0.25, 0.3) is 0 Å². The molecule has 0 aliphatic rings. The molecule has 8 heteroatoms. The normalized spacial score (nSPS) is 11.4. The Morgan fingerprint density at radius 1 is 1.27 bits per heavy atom. The van der Waals surface area contributed by atoms with Gasteiger partial charge in [0.25, 0.3) is 0 Å². The lowest BCUT2D eigenvalue weighted by atomic mass is 10.2. The van der Waals surface area contributed by atoms with Crippen molar-refractivity contribution in [3.05, 3.63) is 11.7 Å². The van der Waals surface area contributed by atoms with Crippen LogP contribution in [0.4, 0.5) is 0 Å². The average molecular weight is 441 g/mol. The van der Waals surface area contributed by atoms with Crippen molar-refractivity contribution >= 4 is 41.7 Å². The molecule has 6 nitrogen and oxygen atoms in total. The number of hydrogen-bond acceptors (Lipinski definition) is 5. The second-order valence-corrected chi connectivity index (χ2v) is 6.06. The smallest absolute Gasteiger partial charge is 0.228 e. The summed E-state index contributed by atoms with van der Waals surface area (Å²) >= 11 is 1.88.